The number of hydrogen-bond donors (Lipinski definition) is 8. The largest absolute Gasteiger partial charge is 0.481 e. The molecule has 344 valence electrons. The molecule has 2 aliphatic rings. The molecule has 0 amide bonds. The van der Waals surface area contributed by atoms with Crippen LogP contribution in [0.15, 0.2) is 0 Å². The maximum absolute atomic E-state index is 12.8. The van der Waals surface area contributed by atoms with Crippen LogP contribution in [0.4, 0.5) is 0 Å². The second-order valence-electron chi connectivity index (χ2n) is 15.6. The van der Waals surface area contributed by atoms with E-state index in [2.05, 4.69) is 0 Å². The van der Waals surface area contributed by atoms with Crippen molar-refractivity contribution < 1.29 is 93.2 Å². The highest BCUT2D eigenvalue weighted by Crippen LogP contribution is 2.31. The number of carbonyl (C=O) groups is 4. The molecule has 0 aliphatic carbocycles. The summed E-state index contributed by atoms with van der Waals surface area (Å²) in [6.45, 7) is 2.90. The SMILES string of the molecule is CCCCC[C@H](O)CC(=O)O[C@@H]1[C@@H](O)[C@H](O[C@H]2[C@H](O)[C@@H](O)[C@H](OC[C@@H](O)CCCCCCCCCCC[C@@H](O)CC(=O)O)O[C@@H]2COC(C)=O)O[C@H](COC(C)=O)[C@H]1O. The lowest BCUT2D eigenvalue weighted by molar-refractivity contribution is -0.360. The molecule has 0 radical (unpaired) electrons. The Morgan fingerprint density at radius 2 is 1.07 bits per heavy atom. The highest BCUT2D eigenvalue weighted by molar-refractivity contribution is 5.70. The first-order valence-electron chi connectivity index (χ1n) is 21.1. The lowest BCUT2D eigenvalue weighted by Gasteiger charge is -2.46. The third kappa shape index (κ3) is 20.7. The van der Waals surface area contributed by atoms with Crippen LogP contribution in [0.3, 0.4) is 0 Å². The first kappa shape index (κ1) is 52.6. The fourth-order valence-electron chi connectivity index (χ4n) is 6.91. The minimum absolute atomic E-state index is 0.230. The monoisotopic (exact) mass is 854 g/mol. The predicted octanol–water partition coefficient (Wildman–Crippen LogP) is 1.14. The summed E-state index contributed by atoms with van der Waals surface area (Å²) in [6.07, 6.45) is -7.97. The zero-order chi connectivity index (χ0) is 43.9. The molecule has 0 aromatic rings. The first-order chi connectivity index (χ1) is 28.0. The second-order valence-corrected chi connectivity index (χ2v) is 15.6. The molecule has 0 aromatic carbocycles. The fraction of sp³-hybridized carbons (Fsp3) is 0.900. The van der Waals surface area contributed by atoms with Crippen molar-refractivity contribution in [3.05, 3.63) is 0 Å². The summed E-state index contributed by atoms with van der Waals surface area (Å²) in [5.74, 6) is -3.38. The molecule has 19 heteroatoms. The van der Waals surface area contributed by atoms with Crippen LogP contribution in [0.2, 0.25) is 0 Å². The van der Waals surface area contributed by atoms with Gasteiger partial charge < -0.3 is 74.0 Å². The predicted molar refractivity (Wildman–Crippen MR) is 205 cm³/mol. The fourth-order valence-corrected chi connectivity index (χ4v) is 6.91. The third-order valence-corrected chi connectivity index (χ3v) is 10.2. The van der Waals surface area contributed by atoms with Crippen LogP contribution >= 0.6 is 0 Å². The van der Waals surface area contributed by atoms with Crippen LogP contribution in [0, 0.1) is 0 Å². The zero-order valence-corrected chi connectivity index (χ0v) is 34.7. The number of rotatable bonds is 30. The number of carboxylic acids is 1. The number of carboxylic acid groups (broad SMARTS) is 1. The van der Waals surface area contributed by atoms with Gasteiger partial charge in [0.25, 0.3) is 0 Å². The van der Waals surface area contributed by atoms with Crippen molar-refractivity contribution in [2.24, 2.45) is 0 Å². The van der Waals surface area contributed by atoms with Crippen LogP contribution in [-0.4, -0.2) is 164 Å². The van der Waals surface area contributed by atoms with Crippen molar-refractivity contribution in [3.8, 4) is 0 Å². The first-order valence-corrected chi connectivity index (χ1v) is 21.1. The lowest BCUT2D eigenvalue weighted by Crippen LogP contribution is -2.65. The maximum atomic E-state index is 12.8. The van der Waals surface area contributed by atoms with Crippen LogP contribution < -0.4 is 0 Å². The lowest BCUT2D eigenvalue weighted by atomic mass is 9.96. The van der Waals surface area contributed by atoms with Gasteiger partial charge >= 0.3 is 23.9 Å². The second kappa shape index (κ2) is 28.9. The molecule has 2 fully saturated rings. The van der Waals surface area contributed by atoms with Gasteiger partial charge in [-0.15, -0.1) is 0 Å². The number of hydrogen-bond acceptors (Lipinski definition) is 18. The molecule has 0 bridgehead atoms. The van der Waals surface area contributed by atoms with Gasteiger partial charge in [0, 0.05) is 13.8 Å². The summed E-state index contributed by atoms with van der Waals surface area (Å²) in [6, 6.07) is 0. The van der Waals surface area contributed by atoms with E-state index in [1.165, 1.54) is 0 Å². The smallest absolute Gasteiger partial charge is 0.308 e. The molecule has 19 nitrogen and oxygen atoms in total. The Morgan fingerprint density at radius 1 is 0.576 bits per heavy atom. The molecule has 2 aliphatic heterocycles. The molecule has 59 heavy (non-hydrogen) atoms. The van der Waals surface area contributed by atoms with Crippen LogP contribution in [0.5, 0.6) is 0 Å². The standard InChI is InChI=1S/C40H70O19/c1-4-5-13-16-27(44)20-32(48)58-38-33(49)29(22-53-24(2)41)56-40(36(38)52)59-37-30(23-54-25(3)42)57-39(35(51)34(37)50)55-21-28(45)18-15-12-10-8-6-7-9-11-14-17-26(43)19-31(46)47/h26-30,33-40,43-45,49-52H,4-23H2,1-3H3,(H,46,47)/t26-,27+,28+,29-,30-,33-,34-,35-,36-,37-,38+,39-,40+/m1/s1. The molecule has 2 heterocycles. The van der Waals surface area contributed by atoms with Crippen LogP contribution in [0.1, 0.15) is 130 Å². The molecule has 13 atom stereocenters. The Bertz CT molecular complexity index is 1210. The Morgan fingerprint density at radius 3 is 1.61 bits per heavy atom. The quantitative estimate of drug-likeness (QED) is 0.0285. The van der Waals surface area contributed by atoms with E-state index < -0.39 is 123 Å². The van der Waals surface area contributed by atoms with Gasteiger partial charge in [-0.25, -0.2) is 0 Å². The number of ether oxygens (including phenoxy) is 7. The average Bonchev–Trinajstić information content (AvgIpc) is 3.16. The van der Waals surface area contributed by atoms with Crippen molar-refractivity contribution in [1.82, 2.24) is 0 Å². The van der Waals surface area contributed by atoms with Gasteiger partial charge in [-0.3, -0.25) is 19.2 Å². The number of carbonyl (C=O) groups excluding carboxylic acids is 3. The highest BCUT2D eigenvalue weighted by Gasteiger charge is 2.53. The average molecular weight is 855 g/mol. The summed E-state index contributed by atoms with van der Waals surface area (Å²) in [7, 11) is 0. The van der Waals surface area contributed by atoms with E-state index in [1.807, 2.05) is 6.92 Å². The Balaban J connectivity index is 1.94. The molecule has 0 spiro atoms. The summed E-state index contributed by atoms with van der Waals surface area (Å²) in [5.41, 5.74) is 0. The molecular formula is C40H70O19. The Labute approximate surface area is 346 Å². The van der Waals surface area contributed by atoms with Crippen molar-refractivity contribution in [1.29, 1.82) is 0 Å². The van der Waals surface area contributed by atoms with Crippen molar-refractivity contribution in [2.45, 2.75) is 210 Å². The topological polar surface area (TPSA) is 295 Å². The molecule has 0 saturated carbocycles. The highest BCUT2D eigenvalue weighted by atomic mass is 16.7. The van der Waals surface area contributed by atoms with Gasteiger partial charge in [0.1, 0.15) is 55.9 Å². The van der Waals surface area contributed by atoms with E-state index in [1.54, 1.807) is 0 Å². The minimum atomic E-state index is -1.91. The van der Waals surface area contributed by atoms with Gasteiger partial charge in [0.05, 0.1) is 37.8 Å². The van der Waals surface area contributed by atoms with Crippen LogP contribution in [0.25, 0.3) is 0 Å². The molecule has 2 rings (SSSR count). The minimum Gasteiger partial charge on any atom is -0.481 e. The van der Waals surface area contributed by atoms with Gasteiger partial charge in [-0.1, -0.05) is 84.0 Å². The van der Waals surface area contributed by atoms with E-state index in [4.69, 9.17) is 38.3 Å². The molecular weight excluding hydrogens is 784 g/mol. The summed E-state index contributed by atoms with van der Waals surface area (Å²) >= 11 is 0. The van der Waals surface area contributed by atoms with Gasteiger partial charge in [-0.2, -0.15) is 0 Å². The summed E-state index contributed by atoms with van der Waals surface area (Å²) < 4.78 is 38.6. The molecule has 2 saturated heterocycles. The summed E-state index contributed by atoms with van der Waals surface area (Å²) in [4.78, 5) is 46.7. The zero-order valence-electron chi connectivity index (χ0n) is 34.7. The summed E-state index contributed by atoms with van der Waals surface area (Å²) in [5, 5.41) is 83.7. The number of unbranched alkanes of at least 4 members (excludes halogenated alkanes) is 10. The molecule has 8 N–H and O–H groups in total. The van der Waals surface area contributed by atoms with Crippen molar-refractivity contribution in [2.75, 3.05) is 19.8 Å². The van der Waals surface area contributed by atoms with Crippen molar-refractivity contribution in [3.63, 3.8) is 0 Å². The van der Waals surface area contributed by atoms with E-state index in [-0.39, 0.29) is 13.0 Å². The van der Waals surface area contributed by atoms with Crippen LogP contribution in [-0.2, 0) is 52.3 Å². The normalized spacial score (nSPS) is 28.6. The number of aliphatic hydroxyl groups is 7. The maximum Gasteiger partial charge on any atom is 0.308 e. The van der Waals surface area contributed by atoms with E-state index >= 15 is 0 Å². The number of aliphatic hydroxyl groups excluding tert-OH is 7. The van der Waals surface area contributed by atoms with E-state index in [9.17, 15) is 54.9 Å². The molecule has 0 aromatic heterocycles. The van der Waals surface area contributed by atoms with E-state index in [0.717, 1.165) is 78.1 Å². The Hall–Kier alpha value is -2.56. The van der Waals surface area contributed by atoms with E-state index in [0.29, 0.717) is 32.1 Å². The van der Waals surface area contributed by atoms with Gasteiger partial charge in [-0.05, 0) is 19.3 Å². The van der Waals surface area contributed by atoms with Gasteiger partial charge in [0.2, 0.25) is 0 Å². The number of esters is 3. The third-order valence-electron chi connectivity index (χ3n) is 10.2. The van der Waals surface area contributed by atoms with Crippen molar-refractivity contribution >= 4 is 23.9 Å². The number of aliphatic carboxylic acids is 1. The molecule has 0 unspecified atom stereocenters. The van der Waals surface area contributed by atoms with Gasteiger partial charge in [0.15, 0.2) is 18.7 Å². The Kier molecular flexibility index (Phi) is 25.7.